The molecule has 8 heteroatoms. The molecule has 2 aromatic heterocycles. The van der Waals surface area contributed by atoms with Gasteiger partial charge in [-0.2, -0.15) is 5.10 Å². The summed E-state index contributed by atoms with van der Waals surface area (Å²) in [6.07, 6.45) is 3.17. The van der Waals surface area contributed by atoms with Gasteiger partial charge < -0.3 is 14.6 Å². The number of esters is 1. The largest absolute Gasteiger partial charge is 0.454 e. The highest BCUT2D eigenvalue weighted by Gasteiger charge is 2.10. The molecule has 0 aliphatic heterocycles. The van der Waals surface area contributed by atoms with Crippen LogP contribution in [0.2, 0.25) is 0 Å². The topological polar surface area (TPSA) is 99.2 Å². The van der Waals surface area contributed by atoms with Crippen LogP contribution in [-0.4, -0.2) is 33.4 Å². The Hall–Kier alpha value is -2.64. The maximum absolute atomic E-state index is 11.4. The Morgan fingerprint density at radius 3 is 3.00 bits per heavy atom. The number of hydrogen-bond donors (Lipinski definition) is 1. The average Bonchev–Trinajstić information content (AvgIpc) is 2.99. The fraction of sp³-hybridized carbons (Fsp3) is 0.273. The molecule has 0 aromatic carbocycles. The van der Waals surface area contributed by atoms with E-state index in [-0.39, 0.29) is 19.0 Å². The summed E-state index contributed by atoms with van der Waals surface area (Å²) in [7, 11) is 0. The maximum atomic E-state index is 11.4. The lowest BCUT2D eigenvalue weighted by atomic mass is 10.5. The monoisotopic (exact) mass is 264 g/mol. The van der Waals surface area contributed by atoms with E-state index in [4.69, 9.17) is 9.26 Å². The predicted molar refractivity (Wildman–Crippen MR) is 63.1 cm³/mol. The van der Waals surface area contributed by atoms with Crippen LogP contribution in [0.3, 0.4) is 0 Å². The van der Waals surface area contributed by atoms with Crippen molar-refractivity contribution in [1.29, 1.82) is 0 Å². The number of hydrogen-bond acceptors (Lipinski definition) is 6. The lowest BCUT2D eigenvalue weighted by molar-refractivity contribution is -0.148. The van der Waals surface area contributed by atoms with Crippen molar-refractivity contribution in [2.24, 2.45) is 0 Å². The van der Waals surface area contributed by atoms with Crippen molar-refractivity contribution in [2.45, 2.75) is 13.5 Å². The van der Waals surface area contributed by atoms with Crippen LogP contribution in [0.5, 0.6) is 0 Å². The number of carbonyl (C=O) groups excluding carboxylic acids is 2. The molecule has 2 rings (SSSR count). The Balaban J connectivity index is 1.72. The van der Waals surface area contributed by atoms with Gasteiger partial charge in [0.15, 0.2) is 12.4 Å². The minimum Gasteiger partial charge on any atom is -0.454 e. The van der Waals surface area contributed by atoms with Crippen LogP contribution in [-0.2, 0) is 20.9 Å². The number of nitrogens with one attached hydrogen (secondary N) is 1. The smallest absolute Gasteiger partial charge is 0.328 e. The van der Waals surface area contributed by atoms with Crippen LogP contribution in [0.4, 0.5) is 5.82 Å². The molecular weight excluding hydrogens is 252 g/mol. The van der Waals surface area contributed by atoms with Gasteiger partial charge in [-0.05, 0) is 13.0 Å². The Labute approximate surface area is 108 Å². The zero-order chi connectivity index (χ0) is 13.7. The fourth-order valence-corrected chi connectivity index (χ4v) is 1.32. The first-order chi connectivity index (χ1) is 9.13. The molecule has 0 aliphatic rings. The number of amides is 1. The van der Waals surface area contributed by atoms with E-state index in [1.54, 1.807) is 31.5 Å². The average molecular weight is 264 g/mol. The maximum Gasteiger partial charge on any atom is 0.328 e. The molecule has 100 valence electrons. The molecule has 0 fully saturated rings. The molecule has 0 aliphatic carbocycles. The summed E-state index contributed by atoms with van der Waals surface area (Å²) in [5.41, 5.74) is 0. The first kappa shape index (κ1) is 12.8. The molecule has 1 amide bonds. The van der Waals surface area contributed by atoms with Crippen molar-refractivity contribution in [3.63, 3.8) is 0 Å². The fourth-order valence-electron chi connectivity index (χ4n) is 1.32. The van der Waals surface area contributed by atoms with Gasteiger partial charge in [-0.1, -0.05) is 5.16 Å². The second-order valence-electron chi connectivity index (χ2n) is 3.74. The van der Waals surface area contributed by atoms with Gasteiger partial charge in [-0.15, -0.1) is 0 Å². The van der Waals surface area contributed by atoms with Crippen molar-refractivity contribution >= 4 is 17.7 Å². The van der Waals surface area contributed by atoms with Crippen molar-refractivity contribution in [3.05, 3.63) is 30.3 Å². The second kappa shape index (κ2) is 5.80. The third kappa shape index (κ3) is 3.95. The van der Waals surface area contributed by atoms with Crippen molar-refractivity contribution < 1.29 is 18.8 Å². The van der Waals surface area contributed by atoms with E-state index in [0.29, 0.717) is 5.76 Å². The molecule has 0 bridgehead atoms. The van der Waals surface area contributed by atoms with Crippen molar-refractivity contribution in [2.75, 3.05) is 11.9 Å². The first-order valence-electron chi connectivity index (χ1n) is 5.50. The van der Waals surface area contributed by atoms with Crippen LogP contribution < -0.4 is 5.32 Å². The number of aromatic nitrogens is 3. The summed E-state index contributed by atoms with van der Waals surface area (Å²) < 4.78 is 11.0. The number of anilines is 1. The van der Waals surface area contributed by atoms with Crippen molar-refractivity contribution in [1.82, 2.24) is 14.9 Å². The minimum atomic E-state index is -0.546. The van der Waals surface area contributed by atoms with Gasteiger partial charge in [0.25, 0.3) is 5.91 Å². The van der Waals surface area contributed by atoms with Crippen molar-refractivity contribution in [3.8, 4) is 0 Å². The number of aryl methyl sites for hydroxylation is 1. The van der Waals surface area contributed by atoms with Crippen LogP contribution >= 0.6 is 0 Å². The molecular formula is C11H12N4O4. The molecule has 0 radical (unpaired) electrons. The summed E-state index contributed by atoms with van der Waals surface area (Å²) in [6.45, 7) is 1.28. The number of rotatable bonds is 5. The van der Waals surface area contributed by atoms with E-state index in [0.717, 1.165) is 0 Å². The van der Waals surface area contributed by atoms with Crippen LogP contribution in [0.1, 0.15) is 5.76 Å². The van der Waals surface area contributed by atoms with Gasteiger partial charge in [0, 0.05) is 18.5 Å². The van der Waals surface area contributed by atoms with E-state index < -0.39 is 11.9 Å². The highest BCUT2D eigenvalue weighted by Crippen LogP contribution is 2.06. The van der Waals surface area contributed by atoms with Gasteiger partial charge in [0.1, 0.15) is 12.3 Å². The molecule has 19 heavy (non-hydrogen) atoms. The van der Waals surface area contributed by atoms with E-state index in [1.165, 1.54) is 4.68 Å². The highest BCUT2D eigenvalue weighted by atomic mass is 16.5. The molecule has 0 unspecified atom stereocenters. The molecule has 0 saturated carbocycles. The summed E-state index contributed by atoms with van der Waals surface area (Å²) in [6, 6.07) is 3.25. The second-order valence-corrected chi connectivity index (χ2v) is 3.74. The standard InChI is InChI=1S/C11H12N4O4/c1-8-5-9(14-19-8)13-10(16)7-18-11(17)6-15-4-2-3-12-15/h2-5H,6-7H2,1H3,(H,13,14,16). The van der Waals surface area contributed by atoms with E-state index >= 15 is 0 Å². The van der Waals surface area contributed by atoms with E-state index in [1.807, 2.05) is 0 Å². The van der Waals surface area contributed by atoms with Crippen LogP contribution in [0.15, 0.2) is 29.0 Å². The molecule has 2 heterocycles. The normalized spacial score (nSPS) is 10.2. The Bertz CT molecular complexity index is 561. The third-order valence-electron chi connectivity index (χ3n) is 2.11. The van der Waals surface area contributed by atoms with Gasteiger partial charge in [-0.25, -0.2) is 0 Å². The highest BCUT2D eigenvalue weighted by molar-refractivity contribution is 5.91. The zero-order valence-corrected chi connectivity index (χ0v) is 10.2. The van der Waals surface area contributed by atoms with Crippen LogP contribution in [0, 0.1) is 6.92 Å². The molecule has 1 N–H and O–H groups in total. The number of ether oxygens (including phenoxy) is 1. The zero-order valence-electron chi connectivity index (χ0n) is 10.2. The van der Waals surface area contributed by atoms with Crippen LogP contribution in [0.25, 0.3) is 0 Å². The van der Waals surface area contributed by atoms with Gasteiger partial charge in [0.2, 0.25) is 0 Å². The molecule has 0 saturated heterocycles. The Morgan fingerprint density at radius 1 is 1.53 bits per heavy atom. The summed E-state index contributed by atoms with van der Waals surface area (Å²) in [4.78, 5) is 22.8. The molecule has 0 spiro atoms. The first-order valence-corrected chi connectivity index (χ1v) is 5.50. The molecule has 8 nitrogen and oxygen atoms in total. The quantitative estimate of drug-likeness (QED) is 0.783. The van der Waals surface area contributed by atoms with E-state index in [2.05, 4.69) is 15.6 Å². The van der Waals surface area contributed by atoms with E-state index in [9.17, 15) is 9.59 Å². The SMILES string of the molecule is Cc1cc(NC(=O)COC(=O)Cn2cccn2)no1. The number of carbonyl (C=O) groups is 2. The summed E-state index contributed by atoms with van der Waals surface area (Å²) >= 11 is 0. The Kier molecular flexibility index (Phi) is 3.91. The Morgan fingerprint density at radius 2 is 2.37 bits per heavy atom. The predicted octanol–water partition coefficient (Wildman–Crippen LogP) is 0.361. The minimum absolute atomic E-state index is 0.0383. The third-order valence-corrected chi connectivity index (χ3v) is 2.11. The lowest BCUT2D eigenvalue weighted by Crippen LogP contribution is -2.23. The molecule has 0 atom stereocenters. The number of nitrogens with zero attached hydrogens (tertiary/aromatic N) is 3. The van der Waals surface area contributed by atoms with Gasteiger partial charge in [0.05, 0.1) is 0 Å². The molecule has 2 aromatic rings. The summed E-state index contributed by atoms with van der Waals surface area (Å²) in [5.74, 6) is -0.172. The van der Waals surface area contributed by atoms with Gasteiger partial charge in [-0.3, -0.25) is 14.3 Å². The lowest BCUT2D eigenvalue weighted by Gasteiger charge is -2.04. The van der Waals surface area contributed by atoms with Gasteiger partial charge >= 0.3 is 5.97 Å². The summed E-state index contributed by atoms with van der Waals surface area (Å²) in [5, 5.41) is 9.86.